The van der Waals surface area contributed by atoms with Gasteiger partial charge in [0.15, 0.2) is 0 Å². The summed E-state index contributed by atoms with van der Waals surface area (Å²) in [6, 6.07) is 16.6. The molecule has 2 amide bonds. The van der Waals surface area contributed by atoms with Gasteiger partial charge in [0.2, 0.25) is 0 Å². The van der Waals surface area contributed by atoms with Gasteiger partial charge in [-0.3, -0.25) is 0 Å². The van der Waals surface area contributed by atoms with Crippen LogP contribution in [0.4, 0.5) is 4.79 Å². The molecule has 1 aromatic heterocycles. The number of carbonyl (C=O) groups excluding carboxylic acids is 1. The van der Waals surface area contributed by atoms with Crippen LogP contribution in [0.25, 0.3) is 10.2 Å². The molecule has 0 radical (unpaired) electrons. The van der Waals surface area contributed by atoms with Crippen molar-refractivity contribution in [1.29, 1.82) is 0 Å². The quantitative estimate of drug-likeness (QED) is 0.675. The SMILES string of the molecule is CN(Cc1nc2ccccc2s1)C(=O)N[C@H]1CCC(C)(C)c2ccccc21. The molecule has 1 N–H and O–H groups in total. The van der Waals surface area contributed by atoms with E-state index in [-0.39, 0.29) is 17.5 Å². The van der Waals surface area contributed by atoms with Crippen molar-refractivity contribution in [3.05, 3.63) is 64.7 Å². The predicted octanol–water partition coefficient (Wildman–Crippen LogP) is 5.25. The summed E-state index contributed by atoms with van der Waals surface area (Å²) in [4.78, 5) is 19.1. The molecule has 27 heavy (non-hydrogen) atoms. The monoisotopic (exact) mass is 379 g/mol. The highest BCUT2D eigenvalue weighted by atomic mass is 32.1. The minimum Gasteiger partial charge on any atom is -0.331 e. The van der Waals surface area contributed by atoms with E-state index in [4.69, 9.17) is 0 Å². The van der Waals surface area contributed by atoms with Crippen LogP contribution in [0.2, 0.25) is 0 Å². The van der Waals surface area contributed by atoms with E-state index in [0.29, 0.717) is 6.54 Å². The standard InChI is InChI=1S/C22H25N3OS/c1-22(2)13-12-17(15-8-4-5-9-16(15)22)24-21(26)25(3)14-20-23-18-10-6-7-11-19(18)27-20/h4-11,17H,12-14H2,1-3H3,(H,24,26)/t17-/m0/s1. The molecule has 3 aromatic rings. The normalized spacial score (nSPS) is 18.1. The van der Waals surface area contributed by atoms with E-state index in [0.717, 1.165) is 28.1 Å². The van der Waals surface area contributed by atoms with Gasteiger partial charge in [-0.15, -0.1) is 11.3 Å². The van der Waals surface area contributed by atoms with Crippen molar-refractivity contribution in [3.8, 4) is 0 Å². The lowest BCUT2D eigenvalue weighted by Crippen LogP contribution is -2.41. The zero-order valence-electron chi connectivity index (χ0n) is 16.0. The van der Waals surface area contributed by atoms with Gasteiger partial charge in [-0.05, 0) is 41.5 Å². The Morgan fingerprint density at radius 1 is 1.22 bits per heavy atom. The van der Waals surface area contributed by atoms with Crippen molar-refractivity contribution < 1.29 is 4.79 Å². The molecule has 0 fully saturated rings. The van der Waals surface area contributed by atoms with Crippen molar-refractivity contribution in [2.24, 2.45) is 0 Å². The first kappa shape index (κ1) is 18.0. The Bertz CT molecular complexity index is 945. The maximum atomic E-state index is 12.8. The van der Waals surface area contributed by atoms with Gasteiger partial charge in [-0.1, -0.05) is 50.2 Å². The maximum absolute atomic E-state index is 12.8. The fourth-order valence-corrected chi connectivity index (χ4v) is 4.90. The Morgan fingerprint density at radius 3 is 2.78 bits per heavy atom. The van der Waals surface area contributed by atoms with Gasteiger partial charge in [-0.25, -0.2) is 9.78 Å². The summed E-state index contributed by atoms with van der Waals surface area (Å²) < 4.78 is 1.16. The van der Waals surface area contributed by atoms with E-state index in [1.807, 2.05) is 25.2 Å². The molecule has 1 atom stereocenters. The van der Waals surface area contributed by atoms with Gasteiger partial charge in [0.05, 0.1) is 22.8 Å². The summed E-state index contributed by atoms with van der Waals surface area (Å²) in [6.07, 6.45) is 2.03. The van der Waals surface area contributed by atoms with Crippen LogP contribution >= 0.6 is 11.3 Å². The number of rotatable bonds is 3. The zero-order valence-corrected chi connectivity index (χ0v) is 16.8. The van der Waals surface area contributed by atoms with E-state index in [1.54, 1.807) is 16.2 Å². The third kappa shape index (κ3) is 3.56. The Kier molecular flexibility index (Phi) is 4.64. The van der Waals surface area contributed by atoms with Crippen LogP contribution in [-0.4, -0.2) is 23.0 Å². The zero-order chi connectivity index (χ0) is 19.0. The van der Waals surface area contributed by atoms with Gasteiger partial charge in [0.1, 0.15) is 5.01 Å². The van der Waals surface area contributed by atoms with E-state index >= 15 is 0 Å². The van der Waals surface area contributed by atoms with E-state index in [2.05, 4.69) is 54.5 Å². The molecular formula is C22H25N3OS. The number of thiazole rings is 1. The smallest absolute Gasteiger partial charge is 0.318 e. The molecule has 1 aliphatic carbocycles. The lowest BCUT2D eigenvalue weighted by atomic mass is 9.71. The van der Waals surface area contributed by atoms with Gasteiger partial charge >= 0.3 is 6.03 Å². The molecule has 0 aliphatic heterocycles. The minimum atomic E-state index is -0.0474. The predicted molar refractivity (Wildman–Crippen MR) is 111 cm³/mol. The summed E-state index contributed by atoms with van der Waals surface area (Å²) in [5.74, 6) is 0. The second-order valence-corrected chi connectivity index (χ2v) is 9.06. The molecule has 0 bridgehead atoms. The number of hydrogen-bond donors (Lipinski definition) is 1. The molecule has 0 saturated carbocycles. The second kappa shape index (κ2) is 6.97. The number of amides is 2. The number of nitrogens with one attached hydrogen (secondary N) is 1. The highest BCUT2D eigenvalue weighted by Crippen LogP contribution is 2.41. The number of aromatic nitrogens is 1. The van der Waals surface area contributed by atoms with Gasteiger partial charge < -0.3 is 10.2 Å². The van der Waals surface area contributed by atoms with Crippen molar-refractivity contribution in [2.75, 3.05) is 7.05 Å². The van der Waals surface area contributed by atoms with Crippen molar-refractivity contribution in [2.45, 2.75) is 44.7 Å². The average Bonchev–Trinajstić information content (AvgIpc) is 3.06. The summed E-state index contributed by atoms with van der Waals surface area (Å²) in [5.41, 5.74) is 3.74. The van der Waals surface area contributed by atoms with E-state index in [9.17, 15) is 4.79 Å². The van der Waals surface area contributed by atoms with E-state index in [1.165, 1.54) is 11.1 Å². The van der Waals surface area contributed by atoms with Crippen LogP contribution in [0, 0.1) is 0 Å². The first-order valence-electron chi connectivity index (χ1n) is 9.39. The first-order valence-corrected chi connectivity index (χ1v) is 10.2. The molecular weight excluding hydrogens is 354 g/mol. The summed E-state index contributed by atoms with van der Waals surface area (Å²) in [6.45, 7) is 5.08. The van der Waals surface area contributed by atoms with Crippen LogP contribution in [-0.2, 0) is 12.0 Å². The lowest BCUT2D eigenvalue weighted by molar-refractivity contribution is 0.199. The Morgan fingerprint density at radius 2 is 1.96 bits per heavy atom. The van der Waals surface area contributed by atoms with Gasteiger partial charge in [0.25, 0.3) is 0 Å². The average molecular weight is 380 g/mol. The number of fused-ring (bicyclic) bond motifs is 2. The molecule has 0 saturated heterocycles. The number of urea groups is 1. The first-order chi connectivity index (χ1) is 12.9. The molecule has 4 nitrogen and oxygen atoms in total. The third-order valence-electron chi connectivity index (χ3n) is 5.48. The fourth-order valence-electron chi connectivity index (χ4n) is 3.88. The highest BCUT2D eigenvalue weighted by Gasteiger charge is 2.33. The summed E-state index contributed by atoms with van der Waals surface area (Å²) in [5, 5.41) is 4.19. The number of carbonyl (C=O) groups is 1. The van der Waals surface area contributed by atoms with Crippen LogP contribution < -0.4 is 5.32 Å². The van der Waals surface area contributed by atoms with Crippen LogP contribution in [0.15, 0.2) is 48.5 Å². The second-order valence-electron chi connectivity index (χ2n) is 7.94. The summed E-state index contributed by atoms with van der Waals surface area (Å²) in [7, 11) is 1.83. The van der Waals surface area contributed by atoms with Gasteiger partial charge in [0, 0.05) is 7.05 Å². The lowest BCUT2D eigenvalue weighted by Gasteiger charge is -2.37. The largest absolute Gasteiger partial charge is 0.331 e. The number of nitrogens with zero attached hydrogens (tertiary/aromatic N) is 2. The Balaban J connectivity index is 1.47. The van der Waals surface area contributed by atoms with Crippen LogP contribution in [0.1, 0.15) is 48.9 Å². The van der Waals surface area contributed by atoms with Crippen LogP contribution in [0.3, 0.4) is 0 Å². The maximum Gasteiger partial charge on any atom is 0.318 e. The summed E-state index contributed by atoms with van der Waals surface area (Å²) >= 11 is 1.64. The molecule has 2 aromatic carbocycles. The fraction of sp³-hybridized carbons (Fsp3) is 0.364. The third-order valence-corrected chi connectivity index (χ3v) is 6.50. The van der Waals surface area contributed by atoms with E-state index < -0.39 is 0 Å². The molecule has 1 heterocycles. The van der Waals surface area contributed by atoms with Gasteiger partial charge in [-0.2, -0.15) is 0 Å². The van der Waals surface area contributed by atoms with Crippen molar-refractivity contribution in [3.63, 3.8) is 0 Å². The minimum absolute atomic E-state index is 0.0474. The Labute approximate surface area is 164 Å². The number of benzene rings is 2. The molecule has 5 heteroatoms. The highest BCUT2D eigenvalue weighted by molar-refractivity contribution is 7.18. The molecule has 140 valence electrons. The number of hydrogen-bond acceptors (Lipinski definition) is 3. The molecule has 1 aliphatic rings. The molecule has 4 rings (SSSR count). The number of para-hydroxylation sites is 1. The molecule has 0 unspecified atom stereocenters. The van der Waals surface area contributed by atoms with Crippen molar-refractivity contribution in [1.82, 2.24) is 15.2 Å². The topological polar surface area (TPSA) is 45.2 Å². The van der Waals surface area contributed by atoms with Crippen LogP contribution in [0.5, 0.6) is 0 Å². The van der Waals surface area contributed by atoms with Crippen molar-refractivity contribution >= 4 is 27.6 Å². The molecule has 0 spiro atoms. The Hall–Kier alpha value is -2.40.